The van der Waals surface area contributed by atoms with Crippen molar-refractivity contribution in [3.63, 3.8) is 0 Å². The number of rotatable bonds is 5. The van der Waals surface area contributed by atoms with Crippen molar-refractivity contribution in [1.29, 1.82) is 0 Å². The van der Waals surface area contributed by atoms with E-state index in [0.717, 1.165) is 0 Å². The van der Waals surface area contributed by atoms with Gasteiger partial charge < -0.3 is 11.1 Å². The molecule has 3 N–H and O–H groups in total. The van der Waals surface area contributed by atoms with Gasteiger partial charge in [0.05, 0.1) is 12.6 Å². The molecule has 0 aliphatic heterocycles. The number of hydrogen-bond acceptors (Lipinski definition) is 2. The van der Waals surface area contributed by atoms with Gasteiger partial charge in [-0.25, -0.2) is 8.78 Å². The smallest absolute Gasteiger partial charge is 0.255 e. The fraction of sp³-hybridized carbons (Fsp3) is 0.875. The lowest BCUT2D eigenvalue weighted by molar-refractivity contribution is -0.123. The summed E-state index contributed by atoms with van der Waals surface area (Å²) in [6.45, 7) is 3.21. The van der Waals surface area contributed by atoms with Crippen LogP contribution in [0.2, 0.25) is 0 Å². The molecule has 0 spiro atoms. The molecular formula is C8H16F2N2O. The third kappa shape index (κ3) is 6.45. The molecule has 13 heavy (non-hydrogen) atoms. The first-order chi connectivity index (χ1) is 5.93. The van der Waals surface area contributed by atoms with E-state index in [-0.39, 0.29) is 5.92 Å². The highest BCUT2D eigenvalue weighted by Crippen LogP contribution is 2.02. The van der Waals surface area contributed by atoms with E-state index < -0.39 is 24.9 Å². The molecule has 0 rings (SSSR count). The summed E-state index contributed by atoms with van der Waals surface area (Å²) in [5.41, 5.74) is 5.45. The van der Waals surface area contributed by atoms with Gasteiger partial charge in [0.2, 0.25) is 5.91 Å². The Morgan fingerprint density at radius 1 is 1.46 bits per heavy atom. The minimum absolute atomic E-state index is 0.285. The van der Waals surface area contributed by atoms with Crippen molar-refractivity contribution in [2.24, 2.45) is 11.7 Å². The van der Waals surface area contributed by atoms with Crippen LogP contribution in [0.4, 0.5) is 8.78 Å². The Bertz CT molecular complexity index is 162. The van der Waals surface area contributed by atoms with Crippen LogP contribution in [0.1, 0.15) is 20.3 Å². The van der Waals surface area contributed by atoms with Crippen LogP contribution in [-0.4, -0.2) is 24.9 Å². The first-order valence-corrected chi connectivity index (χ1v) is 4.25. The van der Waals surface area contributed by atoms with Crippen LogP contribution in [-0.2, 0) is 4.79 Å². The predicted molar refractivity (Wildman–Crippen MR) is 46.4 cm³/mol. The molecular weight excluding hydrogens is 178 g/mol. The summed E-state index contributed by atoms with van der Waals surface area (Å²) in [6, 6.07) is -0.682. The van der Waals surface area contributed by atoms with Gasteiger partial charge in [-0.2, -0.15) is 0 Å². The Kier molecular flexibility index (Phi) is 5.53. The lowest BCUT2D eigenvalue weighted by Gasteiger charge is -2.13. The number of carbonyl (C=O) groups is 1. The van der Waals surface area contributed by atoms with E-state index in [1.54, 1.807) is 0 Å². The van der Waals surface area contributed by atoms with Crippen LogP contribution in [0.15, 0.2) is 0 Å². The van der Waals surface area contributed by atoms with E-state index in [2.05, 4.69) is 5.32 Å². The zero-order valence-corrected chi connectivity index (χ0v) is 7.89. The average molecular weight is 194 g/mol. The second kappa shape index (κ2) is 5.85. The molecule has 5 heteroatoms. The third-order valence-electron chi connectivity index (χ3n) is 1.49. The topological polar surface area (TPSA) is 55.1 Å². The lowest BCUT2D eigenvalue weighted by Crippen LogP contribution is -2.42. The van der Waals surface area contributed by atoms with Gasteiger partial charge in [0, 0.05) is 0 Å². The number of hydrogen-bond donors (Lipinski definition) is 2. The van der Waals surface area contributed by atoms with E-state index in [9.17, 15) is 13.6 Å². The summed E-state index contributed by atoms with van der Waals surface area (Å²) in [7, 11) is 0. The number of nitrogens with one attached hydrogen (secondary N) is 1. The second-order valence-electron chi connectivity index (χ2n) is 3.37. The van der Waals surface area contributed by atoms with E-state index in [0.29, 0.717) is 6.42 Å². The predicted octanol–water partition coefficient (Wildman–Crippen LogP) is 0.741. The highest BCUT2D eigenvalue weighted by Gasteiger charge is 2.15. The molecule has 0 aliphatic carbocycles. The molecule has 0 aromatic heterocycles. The molecule has 0 aliphatic rings. The fourth-order valence-electron chi connectivity index (χ4n) is 0.924. The SMILES string of the molecule is CC(C)C[C@H](N)C(=O)NCC(F)F. The molecule has 1 amide bonds. The first kappa shape index (κ1) is 12.3. The maximum Gasteiger partial charge on any atom is 0.255 e. The Labute approximate surface area is 76.7 Å². The molecule has 3 nitrogen and oxygen atoms in total. The van der Waals surface area contributed by atoms with E-state index in [1.165, 1.54) is 0 Å². The zero-order valence-electron chi connectivity index (χ0n) is 7.89. The Morgan fingerprint density at radius 2 is 2.00 bits per heavy atom. The van der Waals surface area contributed by atoms with Gasteiger partial charge in [0.25, 0.3) is 6.43 Å². The largest absolute Gasteiger partial charge is 0.349 e. The summed E-state index contributed by atoms with van der Waals surface area (Å²) in [5, 5.41) is 2.07. The first-order valence-electron chi connectivity index (χ1n) is 4.25. The number of nitrogens with two attached hydrogens (primary N) is 1. The summed E-state index contributed by atoms with van der Waals surface area (Å²) in [6.07, 6.45) is -2.01. The standard InChI is InChI=1S/C8H16F2N2O/c1-5(2)3-6(11)8(13)12-4-7(9)10/h5-7H,3-4,11H2,1-2H3,(H,12,13)/t6-/m0/s1. The molecule has 0 unspecified atom stereocenters. The lowest BCUT2D eigenvalue weighted by atomic mass is 10.0. The van der Waals surface area contributed by atoms with Crippen LogP contribution in [0.5, 0.6) is 0 Å². The van der Waals surface area contributed by atoms with Crippen LogP contribution >= 0.6 is 0 Å². The minimum atomic E-state index is -2.52. The monoisotopic (exact) mass is 194 g/mol. The highest BCUT2D eigenvalue weighted by atomic mass is 19.3. The van der Waals surface area contributed by atoms with Gasteiger partial charge in [-0.3, -0.25) is 4.79 Å². The van der Waals surface area contributed by atoms with E-state index >= 15 is 0 Å². The molecule has 0 fully saturated rings. The highest BCUT2D eigenvalue weighted by molar-refractivity contribution is 5.81. The van der Waals surface area contributed by atoms with Crippen molar-refractivity contribution in [1.82, 2.24) is 5.32 Å². The van der Waals surface area contributed by atoms with Gasteiger partial charge in [-0.1, -0.05) is 13.8 Å². The molecule has 1 atom stereocenters. The van der Waals surface area contributed by atoms with Crippen molar-refractivity contribution in [3.8, 4) is 0 Å². The van der Waals surface area contributed by atoms with Gasteiger partial charge in [0.1, 0.15) is 0 Å². The van der Waals surface area contributed by atoms with Crippen molar-refractivity contribution < 1.29 is 13.6 Å². The summed E-state index contributed by atoms with van der Waals surface area (Å²) < 4.78 is 23.3. The molecule has 0 aromatic carbocycles. The van der Waals surface area contributed by atoms with E-state index in [1.807, 2.05) is 13.8 Å². The number of amides is 1. The fourth-order valence-corrected chi connectivity index (χ4v) is 0.924. The van der Waals surface area contributed by atoms with Crippen LogP contribution in [0.25, 0.3) is 0 Å². The quantitative estimate of drug-likeness (QED) is 0.678. The summed E-state index contributed by atoms with van der Waals surface area (Å²) in [4.78, 5) is 11.0. The van der Waals surface area contributed by atoms with Gasteiger partial charge in [-0.15, -0.1) is 0 Å². The second-order valence-corrected chi connectivity index (χ2v) is 3.37. The maximum atomic E-state index is 11.7. The molecule has 0 saturated carbocycles. The van der Waals surface area contributed by atoms with Crippen LogP contribution in [0, 0.1) is 5.92 Å². The normalized spacial score (nSPS) is 13.5. The maximum absolute atomic E-state index is 11.7. The number of alkyl halides is 2. The summed E-state index contributed by atoms with van der Waals surface area (Å²) >= 11 is 0. The molecule has 78 valence electrons. The molecule has 0 bridgehead atoms. The van der Waals surface area contributed by atoms with Crippen molar-refractivity contribution in [2.75, 3.05) is 6.54 Å². The van der Waals surface area contributed by atoms with Crippen molar-refractivity contribution in [2.45, 2.75) is 32.7 Å². The minimum Gasteiger partial charge on any atom is -0.349 e. The number of halogens is 2. The third-order valence-corrected chi connectivity index (χ3v) is 1.49. The van der Waals surface area contributed by atoms with Gasteiger partial charge in [0.15, 0.2) is 0 Å². The molecule has 0 radical (unpaired) electrons. The van der Waals surface area contributed by atoms with Gasteiger partial charge >= 0.3 is 0 Å². The Balaban J connectivity index is 3.69. The molecule has 0 heterocycles. The molecule has 0 aromatic rings. The number of carbonyl (C=O) groups excluding carboxylic acids is 1. The molecule has 0 saturated heterocycles. The van der Waals surface area contributed by atoms with Crippen molar-refractivity contribution >= 4 is 5.91 Å². The average Bonchev–Trinajstić information content (AvgIpc) is 1.98. The van der Waals surface area contributed by atoms with Crippen LogP contribution < -0.4 is 11.1 Å². The zero-order chi connectivity index (χ0) is 10.4. The van der Waals surface area contributed by atoms with E-state index in [4.69, 9.17) is 5.73 Å². The van der Waals surface area contributed by atoms with Crippen LogP contribution in [0.3, 0.4) is 0 Å². The Morgan fingerprint density at radius 3 is 2.38 bits per heavy atom. The summed E-state index contributed by atoms with van der Waals surface area (Å²) in [5.74, 6) is -0.221. The van der Waals surface area contributed by atoms with Gasteiger partial charge in [-0.05, 0) is 12.3 Å². The van der Waals surface area contributed by atoms with Crippen molar-refractivity contribution in [3.05, 3.63) is 0 Å². The Hall–Kier alpha value is -0.710.